The molecule has 1 amide bonds. The van der Waals surface area contributed by atoms with Crippen LogP contribution < -0.4 is 9.84 Å². The van der Waals surface area contributed by atoms with Crippen molar-refractivity contribution in [3.05, 3.63) is 68.6 Å². The van der Waals surface area contributed by atoms with Crippen molar-refractivity contribution in [2.24, 2.45) is 0 Å². The molecule has 32 heavy (non-hydrogen) atoms. The molecule has 13 heteroatoms. The number of carboxylic acids is 1. The first-order chi connectivity index (χ1) is 15.0. The lowest BCUT2D eigenvalue weighted by Crippen LogP contribution is -2.40. The van der Waals surface area contributed by atoms with Crippen LogP contribution in [0.4, 0.5) is 18.9 Å². The van der Waals surface area contributed by atoms with E-state index >= 15 is 0 Å². The highest BCUT2D eigenvalue weighted by molar-refractivity contribution is 8.26. The van der Waals surface area contributed by atoms with E-state index in [1.165, 1.54) is 30.3 Å². The van der Waals surface area contributed by atoms with Gasteiger partial charge in [0.2, 0.25) is 5.75 Å². The van der Waals surface area contributed by atoms with Crippen LogP contribution >= 0.6 is 24.0 Å². The highest BCUT2D eigenvalue weighted by Gasteiger charge is 2.34. The number of nitro groups is 1. The van der Waals surface area contributed by atoms with Crippen LogP contribution in [0, 0.1) is 10.1 Å². The Morgan fingerprint density at radius 3 is 2.44 bits per heavy atom. The van der Waals surface area contributed by atoms with E-state index in [-0.39, 0.29) is 20.7 Å². The van der Waals surface area contributed by atoms with E-state index in [2.05, 4.69) is 0 Å². The molecule has 0 bridgehead atoms. The maximum absolute atomic E-state index is 12.8. The number of halogens is 3. The molecule has 1 aliphatic rings. The van der Waals surface area contributed by atoms with Gasteiger partial charge in [0.05, 0.1) is 27.9 Å². The fraction of sp³-hybridized carbons (Fsp3) is 0.105. The molecule has 1 saturated heterocycles. The summed E-state index contributed by atoms with van der Waals surface area (Å²) in [5.74, 6) is -2.32. The molecule has 0 atom stereocenters. The third-order valence-electron chi connectivity index (χ3n) is 4.05. The Hall–Kier alpha value is -3.45. The number of ether oxygens (including phenoxy) is 1. The van der Waals surface area contributed by atoms with Crippen molar-refractivity contribution in [2.45, 2.75) is 6.18 Å². The molecule has 0 spiro atoms. The van der Waals surface area contributed by atoms with Crippen molar-refractivity contribution in [1.29, 1.82) is 0 Å². The Morgan fingerprint density at radius 1 is 1.22 bits per heavy atom. The molecule has 2 aromatic rings. The Bertz CT molecular complexity index is 1150. The first-order valence-corrected chi connectivity index (χ1v) is 9.77. The van der Waals surface area contributed by atoms with E-state index in [1.807, 2.05) is 0 Å². The topological polar surface area (TPSA) is 113 Å². The van der Waals surface area contributed by atoms with Crippen molar-refractivity contribution in [1.82, 2.24) is 4.90 Å². The summed E-state index contributed by atoms with van der Waals surface area (Å²) in [5.41, 5.74) is -1.52. The van der Waals surface area contributed by atoms with Gasteiger partial charge in [-0.05, 0) is 35.9 Å². The molecular formula is C19H10F3N2O6S2-. The summed E-state index contributed by atoms with van der Waals surface area (Å²) >= 11 is 5.89. The standard InChI is InChI=1S/C19H11F3N2O6S2/c20-19(21,22)11-3-6-14(13(8-11)24(28)29)30-12-4-1-10(2-5-12)7-15-17(27)23(9-16(25)26)18(31)32-15/h1-8H,9H2,(H,25,26)/p-1/b15-7-. The number of amides is 1. The molecular weight excluding hydrogens is 473 g/mol. The van der Waals surface area contributed by atoms with Gasteiger partial charge in [-0.1, -0.05) is 36.1 Å². The SMILES string of the molecule is O=C([O-])CN1C(=O)/C(=C/c2ccc(Oc3ccc(C(F)(F)F)cc3[N+](=O)[O-])cc2)SC1=S. The fourth-order valence-electron chi connectivity index (χ4n) is 2.60. The molecule has 1 fully saturated rings. The summed E-state index contributed by atoms with van der Waals surface area (Å²) < 4.78 is 43.8. The summed E-state index contributed by atoms with van der Waals surface area (Å²) in [6.07, 6.45) is -3.29. The van der Waals surface area contributed by atoms with E-state index in [1.54, 1.807) is 0 Å². The van der Waals surface area contributed by atoms with Gasteiger partial charge in [-0.2, -0.15) is 13.2 Å². The average molecular weight is 483 g/mol. The minimum atomic E-state index is -4.74. The minimum absolute atomic E-state index is 0.0695. The van der Waals surface area contributed by atoms with Gasteiger partial charge in [0, 0.05) is 6.07 Å². The molecule has 2 aromatic carbocycles. The number of hydrogen-bond acceptors (Lipinski definition) is 8. The van der Waals surface area contributed by atoms with Crippen LogP contribution in [0.2, 0.25) is 0 Å². The van der Waals surface area contributed by atoms with Crippen molar-refractivity contribution in [3.8, 4) is 11.5 Å². The third-order valence-corrected chi connectivity index (χ3v) is 5.43. The lowest BCUT2D eigenvalue weighted by atomic mass is 10.1. The van der Waals surface area contributed by atoms with E-state index in [0.717, 1.165) is 22.7 Å². The van der Waals surface area contributed by atoms with Crippen LogP contribution in [0.5, 0.6) is 11.5 Å². The number of aliphatic carboxylic acids is 1. The van der Waals surface area contributed by atoms with Gasteiger partial charge in [0.1, 0.15) is 10.1 Å². The zero-order valence-electron chi connectivity index (χ0n) is 15.6. The molecule has 0 unspecified atom stereocenters. The monoisotopic (exact) mass is 483 g/mol. The summed E-state index contributed by atoms with van der Waals surface area (Å²) in [7, 11) is 0. The van der Waals surface area contributed by atoms with Gasteiger partial charge in [0.15, 0.2) is 0 Å². The first-order valence-electron chi connectivity index (χ1n) is 8.54. The Kier molecular flexibility index (Phi) is 6.50. The maximum atomic E-state index is 12.8. The molecule has 1 aliphatic heterocycles. The van der Waals surface area contributed by atoms with Crippen LogP contribution in [0.15, 0.2) is 47.4 Å². The largest absolute Gasteiger partial charge is 0.548 e. The fourth-order valence-corrected chi connectivity index (χ4v) is 3.85. The summed E-state index contributed by atoms with van der Waals surface area (Å²) in [4.78, 5) is 34.2. The number of nitrogens with zero attached hydrogens (tertiary/aromatic N) is 2. The van der Waals surface area contributed by atoms with E-state index in [9.17, 15) is 38.0 Å². The number of nitro benzene ring substituents is 1. The highest BCUT2D eigenvalue weighted by Crippen LogP contribution is 2.38. The second kappa shape index (κ2) is 8.96. The first kappa shape index (κ1) is 23.2. The maximum Gasteiger partial charge on any atom is 0.416 e. The summed E-state index contributed by atoms with van der Waals surface area (Å²) in [5, 5.41) is 21.9. The molecule has 0 saturated carbocycles. The van der Waals surface area contributed by atoms with Crippen LogP contribution in [0.1, 0.15) is 11.1 Å². The quantitative estimate of drug-likeness (QED) is 0.266. The lowest BCUT2D eigenvalue weighted by molar-refractivity contribution is -0.385. The van der Waals surface area contributed by atoms with Gasteiger partial charge in [-0.15, -0.1) is 0 Å². The average Bonchev–Trinajstić information content (AvgIpc) is 2.95. The van der Waals surface area contributed by atoms with Crippen molar-refractivity contribution < 1.29 is 37.5 Å². The molecule has 3 rings (SSSR count). The third kappa shape index (κ3) is 5.23. The van der Waals surface area contributed by atoms with Gasteiger partial charge < -0.3 is 14.6 Å². The highest BCUT2D eigenvalue weighted by atomic mass is 32.2. The Balaban J connectivity index is 1.79. The number of carbonyl (C=O) groups is 2. The number of benzene rings is 2. The Morgan fingerprint density at radius 2 is 1.88 bits per heavy atom. The number of rotatable bonds is 6. The van der Waals surface area contributed by atoms with Crippen molar-refractivity contribution >= 4 is 51.9 Å². The smallest absolute Gasteiger partial charge is 0.416 e. The normalized spacial score (nSPS) is 15.3. The van der Waals surface area contributed by atoms with Crippen molar-refractivity contribution in [2.75, 3.05) is 6.54 Å². The predicted octanol–water partition coefficient (Wildman–Crippen LogP) is 3.36. The second-order valence-electron chi connectivity index (χ2n) is 6.25. The van der Waals surface area contributed by atoms with Gasteiger partial charge in [-0.3, -0.25) is 19.8 Å². The van der Waals surface area contributed by atoms with Crippen molar-refractivity contribution in [3.63, 3.8) is 0 Å². The van der Waals surface area contributed by atoms with Gasteiger partial charge in [-0.25, -0.2) is 0 Å². The predicted molar refractivity (Wildman–Crippen MR) is 110 cm³/mol. The number of thiocarbonyl (C=S) groups is 1. The summed E-state index contributed by atoms with van der Waals surface area (Å²) in [6.45, 7) is -0.666. The number of alkyl halides is 3. The summed E-state index contributed by atoms with van der Waals surface area (Å²) in [6, 6.07) is 7.71. The molecule has 166 valence electrons. The molecule has 0 aromatic heterocycles. The van der Waals surface area contributed by atoms with E-state index < -0.39 is 40.8 Å². The number of carbonyl (C=O) groups excluding carboxylic acids is 2. The van der Waals surface area contributed by atoms with E-state index in [4.69, 9.17) is 17.0 Å². The van der Waals surface area contributed by atoms with Crippen LogP contribution in [0.25, 0.3) is 6.08 Å². The molecule has 0 radical (unpaired) electrons. The minimum Gasteiger partial charge on any atom is -0.548 e. The van der Waals surface area contributed by atoms with Gasteiger partial charge >= 0.3 is 11.9 Å². The van der Waals surface area contributed by atoms with E-state index in [0.29, 0.717) is 17.7 Å². The molecule has 0 N–H and O–H groups in total. The number of thioether (sulfide) groups is 1. The molecule has 0 aliphatic carbocycles. The Labute approximate surface area is 187 Å². The number of hydrogen-bond donors (Lipinski definition) is 0. The lowest BCUT2D eigenvalue weighted by Gasteiger charge is -2.14. The molecule has 8 nitrogen and oxygen atoms in total. The van der Waals surface area contributed by atoms with Crippen LogP contribution in [0.3, 0.4) is 0 Å². The van der Waals surface area contributed by atoms with Crippen LogP contribution in [-0.4, -0.2) is 32.6 Å². The number of carboxylic acid groups (broad SMARTS) is 1. The van der Waals surface area contributed by atoms with Gasteiger partial charge in [0.25, 0.3) is 5.91 Å². The zero-order chi connectivity index (χ0) is 23.6. The zero-order valence-corrected chi connectivity index (χ0v) is 17.3. The molecule has 1 heterocycles. The van der Waals surface area contributed by atoms with Crippen LogP contribution in [-0.2, 0) is 15.8 Å². The second-order valence-corrected chi connectivity index (χ2v) is 7.92.